The number of para-hydroxylation sites is 3. The van der Waals surface area contributed by atoms with Crippen LogP contribution in [0.2, 0.25) is 5.02 Å². The Labute approximate surface area is 157 Å². The molecular formula is C19H20ClN3O3. The number of halogens is 1. The van der Waals surface area contributed by atoms with E-state index in [0.29, 0.717) is 35.1 Å². The average molecular weight is 374 g/mol. The summed E-state index contributed by atoms with van der Waals surface area (Å²) < 4.78 is 5.25. The molecule has 7 heteroatoms. The van der Waals surface area contributed by atoms with E-state index in [1.165, 1.54) is 0 Å². The molecule has 0 aliphatic carbocycles. The first-order valence-corrected chi connectivity index (χ1v) is 8.74. The molecule has 3 amide bonds. The minimum Gasteiger partial charge on any atom is -0.495 e. The van der Waals surface area contributed by atoms with Crippen molar-refractivity contribution in [3.63, 3.8) is 0 Å². The molecule has 2 aromatic carbocycles. The highest BCUT2D eigenvalue weighted by atomic mass is 35.5. The third-order valence-corrected chi connectivity index (χ3v) is 4.63. The van der Waals surface area contributed by atoms with E-state index < -0.39 is 6.04 Å². The molecule has 136 valence electrons. The SMILES string of the molecule is COc1ccccc1NC(=O)N1CCC[C@H]1C(=O)Nc1ccccc1Cl. The van der Waals surface area contributed by atoms with Crippen LogP contribution in [0, 0.1) is 0 Å². The first-order valence-electron chi connectivity index (χ1n) is 8.36. The predicted molar refractivity (Wildman–Crippen MR) is 102 cm³/mol. The maximum atomic E-state index is 12.7. The van der Waals surface area contributed by atoms with Crippen LogP contribution in [0.3, 0.4) is 0 Å². The number of methoxy groups -OCH3 is 1. The second-order valence-corrected chi connectivity index (χ2v) is 6.36. The fourth-order valence-electron chi connectivity index (χ4n) is 3.00. The van der Waals surface area contributed by atoms with Crippen LogP contribution in [0.5, 0.6) is 5.75 Å². The molecule has 0 aromatic heterocycles. The zero-order valence-electron chi connectivity index (χ0n) is 14.4. The van der Waals surface area contributed by atoms with Crippen molar-refractivity contribution in [1.29, 1.82) is 0 Å². The van der Waals surface area contributed by atoms with Gasteiger partial charge in [0.2, 0.25) is 5.91 Å². The molecule has 1 heterocycles. The van der Waals surface area contributed by atoms with E-state index in [1.807, 2.05) is 12.1 Å². The maximum Gasteiger partial charge on any atom is 0.322 e. The predicted octanol–water partition coefficient (Wildman–Crippen LogP) is 3.98. The highest BCUT2D eigenvalue weighted by Gasteiger charge is 2.34. The molecule has 3 rings (SSSR count). The first kappa shape index (κ1) is 18.1. The molecule has 0 spiro atoms. The molecular weight excluding hydrogens is 354 g/mol. The quantitative estimate of drug-likeness (QED) is 0.851. The van der Waals surface area contributed by atoms with Gasteiger partial charge >= 0.3 is 6.03 Å². The molecule has 1 saturated heterocycles. The summed E-state index contributed by atoms with van der Waals surface area (Å²) in [5, 5.41) is 6.09. The molecule has 0 radical (unpaired) electrons. The van der Waals surface area contributed by atoms with Crippen molar-refractivity contribution in [3.05, 3.63) is 53.6 Å². The number of hydrogen-bond donors (Lipinski definition) is 2. The smallest absolute Gasteiger partial charge is 0.322 e. The summed E-state index contributed by atoms with van der Waals surface area (Å²) in [5.41, 5.74) is 1.10. The number of amides is 3. The van der Waals surface area contributed by atoms with Gasteiger partial charge < -0.3 is 20.3 Å². The van der Waals surface area contributed by atoms with Gasteiger partial charge in [-0.1, -0.05) is 35.9 Å². The third-order valence-electron chi connectivity index (χ3n) is 4.30. The lowest BCUT2D eigenvalue weighted by Gasteiger charge is -2.24. The van der Waals surface area contributed by atoms with Crippen LogP contribution < -0.4 is 15.4 Å². The second kappa shape index (κ2) is 8.10. The average Bonchev–Trinajstić information content (AvgIpc) is 3.14. The number of anilines is 2. The molecule has 1 aliphatic heterocycles. The van der Waals surface area contributed by atoms with Gasteiger partial charge in [0, 0.05) is 6.54 Å². The molecule has 26 heavy (non-hydrogen) atoms. The molecule has 2 aromatic rings. The molecule has 0 saturated carbocycles. The van der Waals surface area contributed by atoms with Crippen LogP contribution in [0.4, 0.5) is 16.2 Å². The molecule has 6 nitrogen and oxygen atoms in total. The van der Waals surface area contributed by atoms with Crippen molar-refractivity contribution in [2.75, 3.05) is 24.3 Å². The summed E-state index contributed by atoms with van der Waals surface area (Å²) in [4.78, 5) is 26.9. The van der Waals surface area contributed by atoms with Crippen LogP contribution in [-0.2, 0) is 4.79 Å². The number of hydrogen-bond acceptors (Lipinski definition) is 3. The molecule has 1 fully saturated rings. The Morgan fingerprint density at radius 2 is 1.77 bits per heavy atom. The van der Waals surface area contributed by atoms with E-state index in [-0.39, 0.29) is 11.9 Å². The van der Waals surface area contributed by atoms with E-state index in [0.717, 1.165) is 6.42 Å². The minimum absolute atomic E-state index is 0.245. The summed E-state index contributed by atoms with van der Waals surface area (Å²) in [6.07, 6.45) is 1.37. The number of carbonyl (C=O) groups is 2. The van der Waals surface area contributed by atoms with Crippen LogP contribution in [0.25, 0.3) is 0 Å². The lowest BCUT2D eigenvalue weighted by molar-refractivity contribution is -0.119. The van der Waals surface area contributed by atoms with Gasteiger partial charge in [-0.25, -0.2) is 4.79 Å². The van der Waals surface area contributed by atoms with Crippen molar-refractivity contribution in [2.24, 2.45) is 0 Å². The van der Waals surface area contributed by atoms with E-state index in [9.17, 15) is 9.59 Å². The summed E-state index contributed by atoms with van der Waals surface area (Å²) in [6.45, 7) is 0.515. The molecule has 0 bridgehead atoms. The van der Waals surface area contributed by atoms with Crippen LogP contribution >= 0.6 is 11.6 Å². The van der Waals surface area contributed by atoms with Gasteiger partial charge in [0.15, 0.2) is 0 Å². The summed E-state index contributed by atoms with van der Waals surface area (Å²) in [7, 11) is 1.54. The number of nitrogens with zero attached hydrogens (tertiary/aromatic N) is 1. The molecule has 1 atom stereocenters. The normalized spacial score (nSPS) is 16.2. The van der Waals surface area contributed by atoms with Gasteiger partial charge in [-0.2, -0.15) is 0 Å². The zero-order valence-corrected chi connectivity index (χ0v) is 15.1. The monoisotopic (exact) mass is 373 g/mol. The Bertz CT molecular complexity index is 812. The maximum absolute atomic E-state index is 12.7. The Morgan fingerprint density at radius 3 is 2.50 bits per heavy atom. The van der Waals surface area contributed by atoms with Crippen molar-refractivity contribution < 1.29 is 14.3 Å². The minimum atomic E-state index is -0.541. The van der Waals surface area contributed by atoms with Crippen molar-refractivity contribution in [2.45, 2.75) is 18.9 Å². The Kier molecular flexibility index (Phi) is 5.63. The number of nitrogens with one attached hydrogen (secondary N) is 2. The molecule has 2 N–H and O–H groups in total. The first-order chi connectivity index (χ1) is 12.6. The van der Waals surface area contributed by atoms with E-state index in [4.69, 9.17) is 16.3 Å². The van der Waals surface area contributed by atoms with E-state index in [1.54, 1.807) is 48.4 Å². The lowest BCUT2D eigenvalue weighted by atomic mass is 10.2. The van der Waals surface area contributed by atoms with Gasteiger partial charge in [0.1, 0.15) is 11.8 Å². The van der Waals surface area contributed by atoms with Gasteiger partial charge in [0.05, 0.1) is 23.5 Å². The van der Waals surface area contributed by atoms with E-state index in [2.05, 4.69) is 10.6 Å². The number of likely N-dealkylation sites (tertiary alicyclic amines) is 1. The third kappa shape index (κ3) is 3.91. The Hall–Kier alpha value is -2.73. The summed E-state index contributed by atoms with van der Waals surface area (Å²) >= 11 is 6.09. The largest absolute Gasteiger partial charge is 0.495 e. The highest BCUT2D eigenvalue weighted by Crippen LogP contribution is 2.26. The number of benzene rings is 2. The Balaban J connectivity index is 1.70. The van der Waals surface area contributed by atoms with Crippen LogP contribution in [-0.4, -0.2) is 36.5 Å². The van der Waals surface area contributed by atoms with Gasteiger partial charge in [0.25, 0.3) is 0 Å². The number of ether oxygens (including phenoxy) is 1. The fraction of sp³-hybridized carbons (Fsp3) is 0.263. The highest BCUT2D eigenvalue weighted by molar-refractivity contribution is 6.33. The van der Waals surface area contributed by atoms with Crippen LogP contribution in [0.1, 0.15) is 12.8 Å². The van der Waals surface area contributed by atoms with E-state index >= 15 is 0 Å². The standard InChI is InChI=1S/C19H20ClN3O3/c1-26-17-11-5-4-9-15(17)22-19(25)23-12-6-10-16(23)18(24)21-14-8-3-2-7-13(14)20/h2-5,7-9,11,16H,6,10,12H2,1H3,(H,21,24)(H,22,25)/t16-/m0/s1. The molecule has 0 unspecified atom stereocenters. The number of carbonyl (C=O) groups excluding carboxylic acids is 2. The van der Waals surface area contributed by atoms with Gasteiger partial charge in [-0.15, -0.1) is 0 Å². The number of rotatable bonds is 4. The van der Waals surface area contributed by atoms with Crippen molar-refractivity contribution >= 4 is 34.9 Å². The summed E-state index contributed by atoms with van der Waals surface area (Å²) in [6, 6.07) is 13.3. The zero-order chi connectivity index (χ0) is 18.5. The summed E-state index contributed by atoms with van der Waals surface area (Å²) in [5.74, 6) is 0.322. The fourth-order valence-corrected chi connectivity index (χ4v) is 3.18. The lowest BCUT2D eigenvalue weighted by Crippen LogP contribution is -2.45. The second-order valence-electron chi connectivity index (χ2n) is 5.95. The van der Waals surface area contributed by atoms with Crippen LogP contribution in [0.15, 0.2) is 48.5 Å². The van der Waals surface area contributed by atoms with Crippen molar-refractivity contribution in [1.82, 2.24) is 4.90 Å². The van der Waals surface area contributed by atoms with Crippen molar-refractivity contribution in [3.8, 4) is 5.75 Å². The molecule has 1 aliphatic rings. The number of urea groups is 1. The van der Waals surface area contributed by atoms with Gasteiger partial charge in [-0.05, 0) is 37.1 Å². The Morgan fingerprint density at radius 1 is 1.08 bits per heavy atom. The topological polar surface area (TPSA) is 70.7 Å². The van der Waals surface area contributed by atoms with Gasteiger partial charge in [-0.3, -0.25) is 4.79 Å².